The molecule has 0 spiro atoms. The molecule has 120 valence electrons. The van der Waals surface area contributed by atoms with Crippen molar-refractivity contribution in [3.63, 3.8) is 0 Å². The Labute approximate surface area is 138 Å². The molecule has 5 nitrogen and oxygen atoms in total. The molecule has 2 atom stereocenters. The molecule has 1 amide bonds. The molecule has 3 rings (SSSR count). The van der Waals surface area contributed by atoms with Crippen molar-refractivity contribution in [3.05, 3.63) is 40.9 Å². The molecule has 1 N–H and O–H groups in total. The lowest BCUT2D eigenvalue weighted by Gasteiger charge is -2.22. The number of hydrogen-bond acceptors (Lipinski definition) is 4. The smallest absolute Gasteiger partial charge is 0.308 e. The van der Waals surface area contributed by atoms with Gasteiger partial charge in [-0.25, -0.2) is 4.98 Å². The van der Waals surface area contributed by atoms with Gasteiger partial charge in [0.25, 0.3) is 5.91 Å². The van der Waals surface area contributed by atoms with Gasteiger partial charge in [0, 0.05) is 23.5 Å². The van der Waals surface area contributed by atoms with Crippen LogP contribution in [0.25, 0.3) is 10.6 Å². The number of carbonyl (C=O) groups excluding carboxylic acids is 1. The second-order valence-electron chi connectivity index (χ2n) is 5.83. The molecule has 23 heavy (non-hydrogen) atoms. The number of nitrogens with zero attached hydrogens (tertiary/aromatic N) is 2. The van der Waals surface area contributed by atoms with Gasteiger partial charge in [0.2, 0.25) is 0 Å². The largest absolute Gasteiger partial charge is 0.481 e. The Morgan fingerprint density at radius 3 is 2.74 bits per heavy atom. The SMILES string of the molecule is Cc1ccccc1-c1nc(C(=O)N2CCC(C(=O)O)C2C)cs1. The van der Waals surface area contributed by atoms with Crippen LogP contribution in [0.4, 0.5) is 0 Å². The van der Waals surface area contributed by atoms with Crippen LogP contribution in [-0.2, 0) is 4.79 Å². The van der Waals surface area contributed by atoms with Crippen LogP contribution in [0.1, 0.15) is 29.4 Å². The Kier molecular flexibility index (Phi) is 4.17. The van der Waals surface area contributed by atoms with Gasteiger partial charge in [-0.05, 0) is 25.8 Å². The number of likely N-dealkylation sites (tertiary alicyclic amines) is 1. The van der Waals surface area contributed by atoms with Gasteiger partial charge < -0.3 is 10.0 Å². The fourth-order valence-electron chi connectivity index (χ4n) is 3.01. The van der Waals surface area contributed by atoms with Crippen molar-refractivity contribution in [2.45, 2.75) is 26.3 Å². The minimum absolute atomic E-state index is 0.183. The Hall–Kier alpha value is -2.21. The highest BCUT2D eigenvalue weighted by molar-refractivity contribution is 7.13. The average Bonchev–Trinajstić information content (AvgIpc) is 3.14. The van der Waals surface area contributed by atoms with E-state index in [9.17, 15) is 14.7 Å². The van der Waals surface area contributed by atoms with E-state index in [0.717, 1.165) is 16.1 Å². The number of thiazole rings is 1. The lowest BCUT2D eigenvalue weighted by atomic mass is 10.0. The first-order valence-electron chi connectivity index (χ1n) is 7.54. The summed E-state index contributed by atoms with van der Waals surface area (Å²) >= 11 is 1.44. The van der Waals surface area contributed by atoms with Gasteiger partial charge in [-0.15, -0.1) is 11.3 Å². The van der Waals surface area contributed by atoms with Crippen LogP contribution in [0.5, 0.6) is 0 Å². The number of aliphatic carboxylic acids is 1. The van der Waals surface area contributed by atoms with Gasteiger partial charge in [-0.1, -0.05) is 24.3 Å². The topological polar surface area (TPSA) is 70.5 Å². The van der Waals surface area contributed by atoms with E-state index in [1.54, 1.807) is 17.2 Å². The number of hydrogen-bond donors (Lipinski definition) is 1. The van der Waals surface area contributed by atoms with Crippen LogP contribution in [0, 0.1) is 12.8 Å². The molecular weight excluding hydrogens is 312 g/mol. The number of aromatic nitrogens is 1. The van der Waals surface area contributed by atoms with Crippen molar-refractivity contribution in [3.8, 4) is 10.6 Å². The molecule has 0 bridgehead atoms. The minimum atomic E-state index is -0.841. The van der Waals surface area contributed by atoms with Crippen LogP contribution in [0.2, 0.25) is 0 Å². The Bertz CT molecular complexity index is 756. The second-order valence-corrected chi connectivity index (χ2v) is 6.68. The van der Waals surface area contributed by atoms with E-state index in [1.807, 2.05) is 31.2 Å². The van der Waals surface area contributed by atoms with Crippen molar-refractivity contribution in [2.75, 3.05) is 6.54 Å². The Morgan fingerprint density at radius 2 is 2.09 bits per heavy atom. The van der Waals surface area contributed by atoms with E-state index >= 15 is 0 Å². The van der Waals surface area contributed by atoms with Gasteiger partial charge in [-0.2, -0.15) is 0 Å². The molecule has 2 heterocycles. The molecule has 2 aromatic rings. The fourth-order valence-corrected chi connectivity index (χ4v) is 3.90. The summed E-state index contributed by atoms with van der Waals surface area (Å²) in [6, 6.07) is 7.62. The number of aryl methyl sites for hydroxylation is 1. The summed E-state index contributed by atoms with van der Waals surface area (Å²) in [5, 5.41) is 11.8. The maximum absolute atomic E-state index is 12.6. The first-order valence-corrected chi connectivity index (χ1v) is 8.42. The number of rotatable bonds is 3. The molecule has 1 aliphatic heterocycles. The van der Waals surface area contributed by atoms with Crippen molar-refractivity contribution < 1.29 is 14.7 Å². The van der Waals surface area contributed by atoms with E-state index in [1.165, 1.54) is 11.3 Å². The maximum Gasteiger partial charge on any atom is 0.308 e. The summed E-state index contributed by atoms with van der Waals surface area (Å²) in [6.45, 7) is 4.27. The van der Waals surface area contributed by atoms with Crippen molar-refractivity contribution in [1.29, 1.82) is 0 Å². The third-order valence-corrected chi connectivity index (χ3v) is 5.31. The Morgan fingerprint density at radius 1 is 1.35 bits per heavy atom. The van der Waals surface area contributed by atoms with Gasteiger partial charge >= 0.3 is 5.97 Å². The summed E-state index contributed by atoms with van der Waals surface area (Å²) in [7, 11) is 0. The van der Waals surface area contributed by atoms with Gasteiger partial charge in [0.15, 0.2) is 0 Å². The summed E-state index contributed by atoms with van der Waals surface area (Å²) < 4.78 is 0. The molecule has 1 fully saturated rings. The zero-order valence-electron chi connectivity index (χ0n) is 13.0. The van der Waals surface area contributed by atoms with Gasteiger partial charge in [0.1, 0.15) is 10.7 Å². The van der Waals surface area contributed by atoms with Crippen molar-refractivity contribution >= 4 is 23.2 Å². The van der Waals surface area contributed by atoms with Crippen LogP contribution in [-0.4, -0.2) is 39.5 Å². The van der Waals surface area contributed by atoms with Crippen molar-refractivity contribution in [1.82, 2.24) is 9.88 Å². The molecule has 6 heteroatoms. The summed E-state index contributed by atoms with van der Waals surface area (Å²) in [5.74, 6) is -1.52. The van der Waals surface area contributed by atoms with Crippen LogP contribution >= 0.6 is 11.3 Å². The number of benzene rings is 1. The second kappa shape index (κ2) is 6.12. The molecule has 0 aliphatic carbocycles. The maximum atomic E-state index is 12.6. The summed E-state index contributed by atoms with van der Waals surface area (Å²) in [5.41, 5.74) is 2.53. The third-order valence-electron chi connectivity index (χ3n) is 4.43. The predicted molar refractivity (Wildman–Crippen MR) is 88.5 cm³/mol. The number of carbonyl (C=O) groups is 2. The lowest BCUT2D eigenvalue weighted by Crippen LogP contribution is -2.37. The zero-order chi connectivity index (χ0) is 16.6. The average molecular weight is 330 g/mol. The molecule has 2 unspecified atom stereocenters. The molecular formula is C17H18N2O3S. The highest BCUT2D eigenvalue weighted by Crippen LogP contribution is 2.29. The highest BCUT2D eigenvalue weighted by atomic mass is 32.1. The van der Waals surface area contributed by atoms with Crippen LogP contribution < -0.4 is 0 Å². The lowest BCUT2D eigenvalue weighted by molar-refractivity contribution is -0.142. The monoisotopic (exact) mass is 330 g/mol. The summed E-state index contributed by atoms with van der Waals surface area (Å²) in [6.07, 6.45) is 0.497. The summed E-state index contributed by atoms with van der Waals surface area (Å²) in [4.78, 5) is 29.9. The van der Waals surface area contributed by atoms with E-state index in [0.29, 0.717) is 18.7 Å². The molecule has 1 aromatic heterocycles. The van der Waals surface area contributed by atoms with E-state index in [-0.39, 0.29) is 11.9 Å². The normalized spacial score (nSPS) is 20.7. The predicted octanol–water partition coefficient (Wildman–Crippen LogP) is 3.05. The Balaban J connectivity index is 1.82. The molecule has 1 aromatic carbocycles. The first-order chi connectivity index (χ1) is 11.0. The molecule has 1 aliphatic rings. The third kappa shape index (κ3) is 2.86. The van der Waals surface area contributed by atoms with Crippen molar-refractivity contribution in [2.24, 2.45) is 5.92 Å². The minimum Gasteiger partial charge on any atom is -0.481 e. The van der Waals surface area contributed by atoms with Crippen LogP contribution in [0.15, 0.2) is 29.6 Å². The van der Waals surface area contributed by atoms with E-state index in [2.05, 4.69) is 4.98 Å². The highest BCUT2D eigenvalue weighted by Gasteiger charge is 2.38. The quantitative estimate of drug-likeness (QED) is 0.939. The number of carboxylic acids is 1. The molecule has 0 saturated carbocycles. The number of amides is 1. The molecule has 0 radical (unpaired) electrons. The van der Waals surface area contributed by atoms with Gasteiger partial charge in [-0.3, -0.25) is 9.59 Å². The van der Waals surface area contributed by atoms with Gasteiger partial charge in [0.05, 0.1) is 5.92 Å². The van der Waals surface area contributed by atoms with Crippen LogP contribution in [0.3, 0.4) is 0 Å². The number of carboxylic acid groups (broad SMARTS) is 1. The first kappa shape index (κ1) is 15.7. The van der Waals surface area contributed by atoms with E-state index in [4.69, 9.17) is 0 Å². The molecule has 1 saturated heterocycles. The fraction of sp³-hybridized carbons (Fsp3) is 0.353. The standard InChI is InChI=1S/C17H18N2O3S/c1-10-5-3-4-6-12(10)15-18-14(9-23-15)16(20)19-8-7-13(11(19)2)17(21)22/h3-6,9,11,13H,7-8H2,1-2H3,(H,21,22). The zero-order valence-corrected chi connectivity index (χ0v) is 13.8. The van der Waals surface area contributed by atoms with E-state index < -0.39 is 11.9 Å².